The summed E-state index contributed by atoms with van der Waals surface area (Å²) in [7, 11) is 0. The summed E-state index contributed by atoms with van der Waals surface area (Å²) in [5.74, 6) is 0. The van der Waals surface area contributed by atoms with Gasteiger partial charge in [0.2, 0.25) is 0 Å². The van der Waals surface area contributed by atoms with Crippen molar-refractivity contribution in [1.82, 2.24) is 0 Å². The van der Waals surface area contributed by atoms with Crippen molar-refractivity contribution in [3.63, 3.8) is 0 Å². The highest BCUT2D eigenvalue weighted by molar-refractivity contribution is 9.10. The summed E-state index contributed by atoms with van der Waals surface area (Å²) in [5, 5.41) is 5.24. The van der Waals surface area contributed by atoms with Gasteiger partial charge in [0.15, 0.2) is 0 Å². The summed E-state index contributed by atoms with van der Waals surface area (Å²) in [6, 6.07) is 37.5. The van der Waals surface area contributed by atoms with Gasteiger partial charge in [0.05, 0.1) is 0 Å². The molecule has 0 amide bonds. The number of benzene rings is 5. The van der Waals surface area contributed by atoms with Crippen LogP contribution < -0.4 is 10.4 Å². The number of hydrogen-bond acceptors (Lipinski definition) is 0. The van der Waals surface area contributed by atoms with Crippen molar-refractivity contribution >= 4 is 28.1 Å². The number of rotatable bonds is 2. The molecule has 172 valence electrons. The second kappa shape index (κ2) is 7.91. The highest BCUT2D eigenvalue weighted by Gasteiger charge is 2.31. The molecular formula is C35H25Br. The van der Waals surface area contributed by atoms with E-state index < -0.39 is 0 Å². The normalized spacial score (nSPS) is 14.1. The molecule has 36 heavy (non-hydrogen) atoms. The van der Waals surface area contributed by atoms with Gasteiger partial charge in [-0.2, -0.15) is 0 Å². The van der Waals surface area contributed by atoms with Gasteiger partial charge in [-0.25, -0.2) is 0 Å². The minimum atomic E-state index is -0.0761. The van der Waals surface area contributed by atoms with Gasteiger partial charge in [-0.05, 0) is 99.5 Å². The molecule has 0 saturated heterocycles. The van der Waals surface area contributed by atoms with Gasteiger partial charge in [0.25, 0.3) is 0 Å². The summed E-state index contributed by atoms with van der Waals surface area (Å²) in [6.45, 7) is 4.70. The molecule has 0 spiro atoms. The van der Waals surface area contributed by atoms with Gasteiger partial charge < -0.3 is 0 Å². The van der Waals surface area contributed by atoms with Crippen LogP contribution >= 0.6 is 15.9 Å². The molecule has 0 saturated carbocycles. The first-order valence-corrected chi connectivity index (χ1v) is 13.3. The van der Waals surface area contributed by atoms with E-state index >= 15 is 0 Å². The molecular weight excluding hydrogens is 500 g/mol. The van der Waals surface area contributed by atoms with Gasteiger partial charge in [-0.1, -0.05) is 111 Å². The van der Waals surface area contributed by atoms with E-state index in [4.69, 9.17) is 0 Å². The minimum Gasteiger partial charge on any atom is -0.0622 e. The lowest BCUT2D eigenvalue weighted by atomic mass is 9.72. The third kappa shape index (κ3) is 3.13. The molecule has 0 radical (unpaired) electrons. The van der Waals surface area contributed by atoms with Crippen molar-refractivity contribution in [1.29, 1.82) is 0 Å². The average molecular weight is 525 g/mol. The molecule has 0 nitrogen and oxygen atoms in total. The van der Waals surface area contributed by atoms with Crippen molar-refractivity contribution in [2.24, 2.45) is 0 Å². The molecule has 0 atom stereocenters. The average Bonchev–Trinajstić information content (AvgIpc) is 3.30. The molecule has 7 rings (SSSR count). The molecule has 0 N–H and O–H groups in total. The summed E-state index contributed by atoms with van der Waals surface area (Å²) in [4.78, 5) is 0. The Kier molecular flexibility index (Phi) is 4.75. The molecule has 1 heteroatoms. The predicted molar refractivity (Wildman–Crippen MR) is 154 cm³/mol. The standard InChI is InChI=1S/C35H25Br/c1-35(2)31-14-7-6-11-25(31)19-30-32(35)21-28-29(34(30)36)20-26-12-8-13-27(33(26)28)24-17-15-23(16-18-24)22-9-4-3-5-10-22/h3-21H,1-2H3. The summed E-state index contributed by atoms with van der Waals surface area (Å²) >= 11 is 4.03. The van der Waals surface area contributed by atoms with E-state index in [-0.39, 0.29) is 5.41 Å². The molecule has 0 aliphatic heterocycles. The van der Waals surface area contributed by atoms with Crippen LogP contribution in [0.25, 0.3) is 34.4 Å². The molecule has 2 aliphatic carbocycles. The molecule has 0 fully saturated rings. The summed E-state index contributed by atoms with van der Waals surface area (Å²) in [5.41, 5.74) is 10.3. The van der Waals surface area contributed by atoms with Crippen molar-refractivity contribution < 1.29 is 0 Å². The SMILES string of the molecule is CC1(C)c2ccccc2C=c2c1cc1c(c2Br)C=c2cccc(-c3ccc(-c4ccccc4)cc3)c2=1. The Balaban J connectivity index is 1.50. The molecule has 0 unspecified atom stereocenters. The molecule has 5 aromatic carbocycles. The Hall–Kier alpha value is -3.68. The van der Waals surface area contributed by atoms with Crippen LogP contribution in [-0.4, -0.2) is 0 Å². The van der Waals surface area contributed by atoms with Crippen LogP contribution in [0.1, 0.15) is 36.1 Å². The number of halogens is 1. The Labute approximate surface area is 219 Å². The molecule has 0 heterocycles. The van der Waals surface area contributed by atoms with Gasteiger partial charge in [0.1, 0.15) is 0 Å². The van der Waals surface area contributed by atoms with Gasteiger partial charge in [0, 0.05) is 9.89 Å². The lowest BCUT2D eigenvalue weighted by Gasteiger charge is -2.32. The fourth-order valence-corrected chi connectivity index (χ4v) is 6.70. The monoisotopic (exact) mass is 524 g/mol. The van der Waals surface area contributed by atoms with Crippen LogP contribution in [0.2, 0.25) is 0 Å². The van der Waals surface area contributed by atoms with Crippen LogP contribution in [-0.2, 0) is 5.41 Å². The molecule has 0 bridgehead atoms. The van der Waals surface area contributed by atoms with E-state index in [1.807, 2.05) is 0 Å². The summed E-state index contributed by atoms with van der Waals surface area (Å²) < 4.78 is 1.19. The fraction of sp³-hybridized carbons (Fsp3) is 0.0857. The zero-order valence-corrected chi connectivity index (χ0v) is 21.9. The fourth-order valence-electron chi connectivity index (χ4n) is 6.04. The van der Waals surface area contributed by atoms with Crippen LogP contribution in [0.3, 0.4) is 0 Å². The zero-order chi connectivity index (χ0) is 24.4. The zero-order valence-electron chi connectivity index (χ0n) is 20.3. The van der Waals surface area contributed by atoms with E-state index in [1.165, 1.54) is 69.9 Å². The quantitative estimate of drug-likeness (QED) is 0.218. The molecule has 5 aromatic rings. The lowest BCUT2D eigenvalue weighted by molar-refractivity contribution is 0.628. The maximum absolute atomic E-state index is 4.03. The third-order valence-corrected chi connectivity index (χ3v) is 8.77. The maximum Gasteiger partial charge on any atom is 0.0329 e. The number of hydrogen-bond donors (Lipinski definition) is 0. The van der Waals surface area contributed by atoms with E-state index in [2.05, 4.69) is 145 Å². The lowest BCUT2D eigenvalue weighted by Crippen LogP contribution is -2.32. The molecule has 2 aliphatic rings. The highest BCUT2D eigenvalue weighted by Crippen LogP contribution is 2.38. The second-order valence-corrected chi connectivity index (χ2v) is 11.1. The maximum atomic E-state index is 4.03. The predicted octanol–water partition coefficient (Wildman–Crippen LogP) is 7.68. The van der Waals surface area contributed by atoms with E-state index in [0.29, 0.717) is 0 Å². The van der Waals surface area contributed by atoms with Crippen molar-refractivity contribution in [2.45, 2.75) is 19.3 Å². The first kappa shape index (κ1) is 21.6. The van der Waals surface area contributed by atoms with Crippen LogP contribution in [0.15, 0.2) is 108 Å². The van der Waals surface area contributed by atoms with Crippen molar-refractivity contribution in [2.75, 3.05) is 0 Å². The van der Waals surface area contributed by atoms with Crippen LogP contribution in [0, 0.1) is 10.4 Å². The topological polar surface area (TPSA) is 0 Å². The smallest absolute Gasteiger partial charge is 0.0329 e. The first-order chi connectivity index (χ1) is 17.5. The number of fused-ring (bicyclic) bond motifs is 4. The van der Waals surface area contributed by atoms with Crippen LogP contribution in [0.5, 0.6) is 0 Å². The van der Waals surface area contributed by atoms with Gasteiger partial charge >= 0.3 is 0 Å². The Bertz CT molecular complexity index is 1890. The minimum absolute atomic E-state index is 0.0761. The van der Waals surface area contributed by atoms with Gasteiger partial charge in [-0.3, -0.25) is 0 Å². The Morgan fingerprint density at radius 1 is 0.611 bits per heavy atom. The second-order valence-electron chi connectivity index (χ2n) is 10.3. The largest absolute Gasteiger partial charge is 0.0622 e. The summed E-state index contributed by atoms with van der Waals surface area (Å²) in [6.07, 6.45) is 4.69. The van der Waals surface area contributed by atoms with Crippen LogP contribution in [0.4, 0.5) is 0 Å². The van der Waals surface area contributed by atoms with Crippen molar-refractivity contribution in [3.05, 3.63) is 151 Å². The first-order valence-electron chi connectivity index (χ1n) is 12.5. The van der Waals surface area contributed by atoms with E-state index in [0.717, 1.165) is 0 Å². The highest BCUT2D eigenvalue weighted by atomic mass is 79.9. The van der Waals surface area contributed by atoms with Gasteiger partial charge in [-0.15, -0.1) is 0 Å². The van der Waals surface area contributed by atoms with E-state index in [1.54, 1.807) is 0 Å². The molecule has 0 aromatic heterocycles. The van der Waals surface area contributed by atoms with Crippen molar-refractivity contribution in [3.8, 4) is 22.3 Å². The third-order valence-electron chi connectivity index (χ3n) is 7.92. The van der Waals surface area contributed by atoms with E-state index in [9.17, 15) is 0 Å². The Morgan fingerprint density at radius 2 is 1.31 bits per heavy atom. The Morgan fingerprint density at radius 3 is 2.11 bits per heavy atom.